The average molecular weight is 497 g/mol. The summed E-state index contributed by atoms with van der Waals surface area (Å²) >= 11 is 12.7. The first-order valence-electron chi connectivity index (χ1n) is 9.74. The largest absolute Gasteiger partial charge is 0.434 e. The summed E-state index contributed by atoms with van der Waals surface area (Å²) in [5.74, 6) is -0.181. The molecule has 0 spiro atoms. The molecule has 0 bridgehead atoms. The summed E-state index contributed by atoms with van der Waals surface area (Å²) in [5.41, 5.74) is -1.22. The number of ether oxygens (including phenoxy) is 1. The van der Waals surface area contributed by atoms with Crippen LogP contribution in [0.4, 0.5) is 0 Å². The highest BCUT2D eigenvalue weighted by Gasteiger charge is 2.18. The summed E-state index contributed by atoms with van der Waals surface area (Å²) in [6.45, 7) is 1.88. The summed E-state index contributed by atoms with van der Waals surface area (Å²) in [6, 6.07) is 15.2. The van der Waals surface area contributed by atoms with E-state index in [-0.39, 0.29) is 38.8 Å². The smallest absolute Gasteiger partial charge is 0.349 e. The first-order valence-corrected chi connectivity index (χ1v) is 10.5. The van der Waals surface area contributed by atoms with Crippen molar-refractivity contribution in [3.05, 3.63) is 107 Å². The lowest BCUT2D eigenvalue weighted by Gasteiger charge is -2.14. The lowest BCUT2D eigenvalue weighted by Crippen LogP contribution is -2.33. The second kappa shape index (κ2) is 9.35. The fourth-order valence-corrected chi connectivity index (χ4v) is 3.77. The molecule has 2 heterocycles. The Labute approximate surface area is 201 Å². The summed E-state index contributed by atoms with van der Waals surface area (Å²) in [6.07, 6.45) is 0. The molecule has 0 radical (unpaired) electrons. The Kier molecular flexibility index (Phi) is 6.32. The van der Waals surface area contributed by atoms with Crippen molar-refractivity contribution in [1.29, 1.82) is 5.26 Å². The molecule has 1 atom stereocenters. The monoisotopic (exact) mass is 496 g/mol. The van der Waals surface area contributed by atoms with E-state index in [0.717, 1.165) is 10.2 Å². The number of benzene rings is 2. The Morgan fingerprint density at radius 3 is 2.38 bits per heavy atom. The number of halogens is 2. The molecule has 12 heteroatoms. The van der Waals surface area contributed by atoms with Gasteiger partial charge in [0.2, 0.25) is 11.6 Å². The topological polar surface area (TPSA) is 147 Å². The van der Waals surface area contributed by atoms with Crippen LogP contribution in [0, 0.1) is 11.3 Å². The van der Waals surface area contributed by atoms with Crippen LogP contribution in [0.3, 0.4) is 0 Å². The molecule has 0 saturated heterocycles. The Morgan fingerprint density at radius 2 is 1.74 bits per heavy atom. The van der Waals surface area contributed by atoms with Crippen LogP contribution < -0.4 is 21.5 Å². The van der Waals surface area contributed by atoms with Gasteiger partial charge in [0.1, 0.15) is 6.07 Å². The van der Waals surface area contributed by atoms with Crippen molar-refractivity contribution < 1.29 is 4.74 Å². The van der Waals surface area contributed by atoms with E-state index in [4.69, 9.17) is 33.2 Å². The van der Waals surface area contributed by atoms with Crippen molar-refractivity contribution in [2.45, 2.75) is 12.8 Å². The van der Waals surface area contributed by atoms with E-state index in [1.165, 1.54) is 18.2 Å². The minimum atomic E-state index is -0.912. The maximum atomic E-state index is 12.4. The molecule has 0 amide bonds. The van der Waals surface area contributed by atoms with E-state index in [9.17, 15) is 14.4 Å². The minimum absolute atomic E-state index is 0.00781. The summed E-state index contributed by atoms with van der Waals surface area (Å²) in [4.78, 5) is 38.1. The maximum absolute atomic E-state index is 12.4. The van der Waals surface area contributed by atoms with E-state index >= 15 is 0 Å². The third-order valence-electron chi connectivity index (χ3n) is 4.94. The molecule has 2 aromatic carbocycles. The van der Waals surface area contributed by atoms with Crippen LogP contribution >= 0.6 is 23.2 Å². The second-order valence-electron chi connectivity index (χ2n) is 7.10. The predicted octanol–water partition coefficient (Wildman–Crippen LogP) is 3.13. The van der Waals surface area contributed by atoms with Crippen LogP contribution in [0.15, 0.2) is 62.9 Å². The molecule has 1 unspecified atom stereocenters. The van der Waals surface area contributed by atoms with Gasteiger partial charge in [-0.15, -0.1) is 10.2 Å². The Hall–Kier alpha value is -4.20. The van der Waals surface area contributed by atoms with Gasteiger partial charge in [0.15, 0.2) is 5.75 Å². The number of hydrogen-bond acceptors (Lipinski definition) is 7. The van der Waals surface area contributed by atoms with Crippen molar-refractivity contribution >= 4 is 23.2 Å². The van der Waals surface area contributed by atoms with Crippen LogP contribution in [0.5, 0.6) is 11.6 Å². The Bertz CT molecular complexity index is 1580. The van der Waals surface area contributed by atoms with Crippen LogP contribution in [0.1, 0.15) is 29.7 Å². The lowest BCUT2D eigenvalue weighted by atomic mass is 9.95. The zero-order valence-corrected chi connectivity index (χ0v) is 18.9. The number of rotatable bonds is 5. The van der Waals surface area contributed by atoms with E-state index in [1.807, 2.05) is 42.2 Å². The van der Waals surface area contributed by atoms with Gasteiger partial charge in [-0.05, 0) is 17.7 Å². The molecule has 34 heavy (non-hydrogen) atoms. The van der Waals surface area contributed by atoms with Crippen LogP contribution in [-0.4, -0.2) is 25.0 Å². The van der Waals surface area contributed by atoms with E-state index in [1.54, 1.807) is 6.07 Å². The minimum Gasteiger partial charge on any atom is -0.434 e. The lowest BCUT2D eigenvalue weighted by molar-refractivity contribution is 0.453. The van der Waals surface area contributed by atoms with Crippen molar-refractivity contribution in [1.82, 2.24) is 25.0 Å². The second-order valence-corrected chi connectivity index (χ2v) is 7.91. The molecular formula is C22H14Cl2N6O4. The molecule has 4 aromatic rings. The van der Waals surface area contributed by atoms with Crippen molar-refractivity contribution in [2.75, 3.05) is 0 Å². The van der Waals surface area contributed by atoms with Gasteiger partial charge in [0, 0.05) is 17.5 Å². The van der Waals surface area contributed by atoms with Gasteiger partial charge in [-0.2, -0.15) is 9.94 Å². The van der Waals surface area contributed by atoms with Crippen LogP contribution in [-0.2, 0) is 0 Å². The van der Waals surface area contributed by atoms with E-state index in [0.29, 0.717) is 5.56 Å². The number of hydrogen-bond donors (Lipinski definition) is 2. The highest BCUT2D eigenvalue weighted by molar-refractivity contribution is 6.37. The molecule has 170 valence electrons. The normalized spacial score (nSPS) is 11.6. The molecule has 4 rings (SSSR count). The molecule has 10 nitrogen and oxygen atoms in total. The first-order chi connectivity index (χ1) is 16.3. The number of nitriles is 1. The third-order valence-corrected chi connectivity index (χ3v) is 5.50. The molecule has 0 fully saturated rings. The standard InChI is InChI=1S/C22H14Cl2N6O4/c1-11(12-5-3-2-4-6-12)14-9-18(27-28-20(14)31)34-19-15(23)7-13(8-16(19)24)30-22(33)26-21(32)17(10-25)29-30/h2-9,11H,1H3,(H,28,31)(H,26,32,33). The Balaban J connectivity index is 1.70. The molecule has 0 aliphatic heterocycles. The molecule has 0 aliphatic carbocycles. The fraction of sp³-hybridized carbons (Fsp3) is 0.0909. The van der Waals surface area contributed by atoms with Gasteiger partial charge >= 0.3 is 5.69 Å². The molecule has 0 saturated carbocycles. The Morgan fingerprint density at radius 1 is 1.06 bits per heavy atom. The number of aromatic nitrogens is 5. The molecule has 0 aliphatic rings. The van der Waals surface area contributed by atoms with Gasteiger partial charge in [-0.3, -0.25) is 14.6 Å². The maximum Gasteiger partial charge on any atom is 0.349 e. The number of nitrogens with zero attached hydrogens (tertiary/aromatic N) is 4. The molecule has 2 N–H and O–H groups in total. The van der Waals surface area contributed by atoms with Gasteiger partial charge in [0.25, 0.3) is 11.1 Å². The summed E-state index contributed by atoms with van der Waals surface area (Å²) < 4.78 is 6.52. The number of nitrogens with one attached hydrogen (secondary N) is 2. The van der Waals surface area contributed by atoms with Crippen molar-refractivity contribution in [3.8, 4) is 23.4 Å². The highest BCUT2D eigenvalue weighted by Crippen LogP contribution is 2.37. The molecule has 2 aromatic heterocycles. The van der Waals surface area contributed by atoms with Crippen LogP contribution in [0.2, 0.25) is 10.0 Å². The zero-order valence-electron chi connectivity index (χ0n) is 17.4. The third kappa shape index (κ3) is 4.47. The zero-order chi connectivity index (χ0) is 24.4. The SMILES string of the molecule is CC(c1ccccc1)c1cc(Oc2c(Cl)cc(-n3nc(C#N)c(=O)[nH]c3=O)cc2Cl)n[nH]c1=O. The van der Waals surface area contributed by atoms with E-state index < -0.39 is 16.9 Å². The van der Waals surface area contributed by atoms with Crippen molar-refractivity contribution in [3.63, 3.8) is 0 Å². The van der Waals surface area contributed by atoms with Crippen LogP contribution in [0.25, 0.3) is 5.69 Å². The van der Waals surface area contributed by atoms with E-state index in [2.05, 4.69) is 15.3 Å². The van der Waals surface area contributed by atoms with Gasteiger partial charge in [-0.1, -0.05) is 60.5 Å². The fourth-order valence-electron chi connectivity index (χ4n) is 3.22. The molecular weight excluding hydrogens is 483 g/mol. The average Bonchev–Trinajstić information content (AvgIpc) is 2.82. The predicted molar refractivity (Wildman–Crippen MR) is 124 cm³/mol. The summed E-state index contributed by atoms with van der Waals surface area (Å²) in [7, 11) is 0. The number of H-pyrrole nitrogens is 2. The first kappa shape index (κ1) is 23.0. The van der Waals surface area contributed by atoms with Gasteiger partial charge < -0.3 is 4.74 Å². The highest BCUT2D eigenvalue weighted by atomic mass is 35.5. The quantitative estimate of drug-likeness (QED) is 0.431. The van der Waals surface area contributed by atoms with Gasteiger partial charge in [-0.25, -0.2) is 9.89 Å². The van der Waals surface area contributed by atoms with Gasteiger partial charge in [0.05, 0.1) is 15.7 Å². The summed E-state index contributed by atoms with van der Waals surface area (Å²) in [5, 5.41) is 19.0. The van der Waals surface area contributed by atoms with Crippen molar-refractivity contribution in [2.24, 2.45) is 0 Å². The number of aromatic amines is 2.